The van der Waals surface area contributed by atoms with Crippen molar-refractivity contribution >= 4 is 34.7 Å². The zero-order valence-electron chi connectivity index (χ0n) is 21.6. The van der Waals surface area contributed by atoms with Crippen molar-refractivity contribution in [1.29, 1.82) is 0 Å². The lowest BCUT2D eigenvalue weighted by Crippen LogP contribution is -2.35. The van der Waals surface area contributed by atoms with Crippen LogP contribution in [0.4, 0.5) is 19.1 Å². The molecule has 0 saturated carbocycles. The molecule has 0 radical (unpaired) electrons. The Morgan fingerprint density at radius 3 is 2.62 bits per heavy atom. The van der Waals surface area contributed by atoms with Gasteiger partial charge >= 0.3 is 6.36 Å². The van der Waals surface area contributed by atoms with E-state index in [-0.39, 0.29) is 23.1 Å². The number of hydrogen-bond donors (Lipinski definition) is 0. The predicted molar refractivity (Wildman–Crippen MR) is 146 cm³/mol. The molecule has 1 aromatic carbocycles. The summed E-state index contributed by atoms with van der Waals surface area (Å²) >= 11 is 0.966. The Labute approximate surface area is 233 Å². The third-order valence-corrected chi connectivity index (χ3v) is 7.87. The molecular formula is C29H27F3N4O3S. The first-order chi connectivity index (χ1) is 19.2. The summed E-state index contributed by atoms with van der Waals surface area (Å²) < 4.78 is 42.1. The van der Waals surface area contributed by atoms with Gasteiger partial charge in [0.2, 0.25) is 11.1 Å². The van der Waals surface area contributed by atoms with E-state index in [0.717, 1.165) is 62.5 Å². The smallest absolute Gasteiger partial charge is 0.406 e. The summed E-state index contributed by atoms with van der Waals surface area (Å²) in [5.41, 5.74) is 2.86. The summed E-state index contributed by atoms with van der Waals surface area (Å²) in [5.74, 6) is 0.730. The normalized spacial score (nSPS) is 17.6. The third kappa shape index (κ3) is 7.26. The number of rotatable bonds is 8. The highest BCUT2D eigenvalue weighted by atomic mass is 32.2. The number of piperidine rings is 1. The van der Waals surface area contributed by atoms with Crippen molar-refractivity contribution in [3.63, 3.8) is 0 Å². The largest absolute Gasteiger partial charge is 0.573 e. The molecule has 208 valence electrons. The number of carbonyl (C=O) groups is 2. The lowest BCUT2D eigenvalue weighted by Gasteiger charge is -2.32. The Hall–Kier alpha value is -3.73. The zero-order valence-corrected chi connectivity index (χ0v) is 22.4. The van der Waals surface area contributed by atoms with Crippen molar-refractivity contribution in [2.24, 2.45) is 5.92 Å². The van der Waals surface area contributed by atoms with Crippen LogP contribution in [-0.2, 0) is 16.0 Å². The summed E-state index contributed by atoms with van der Waals surface area (Å²) in [5, 5.41) is -0.142. The van der Waals surface area contributed by atoms with Crippen molar-refractivity contribution < 1.29 is 27.5 Å². The number of carbonyl (C=O) groups excluding carboxylic acids is 2. The molecule has 0 aliphatic carbocycles. The maximum absolute atomic E-state index is 12.7. The van der Waals surface area contributed by atoms with Crippen molar-refractivity contribution in [2.45, 2.75) is 44.9 Å². The number of anilines is 1. The molecule has 0 unspecified atom stereocenters. The molecule has 3 aromatic rings. The van der Waals surface area contributed by atoms with Gasteiger partial charge in [-0.1, -0.05) is 18.2 Å². The van der Waals surface area contributed by atoms with Gasteiger partial charge < -0.3 is 9.64 Å². The Morgan fingerprint density at radius 2 is 1.88 bits per heavy atom. The molecule has 0 bridgehead atoms. The minimum absolute atomic E-state index is 0.0614. The van der Waals surface area contributed by atoms with Gasteiger partial charge in [0, 0.05) is 31.0 Å². The Balaban J connectivity index is 1.14. The van der Waals surface area contributed by atoms with Crippen LogP contribution in [0.25, 0.3) is 17.3 Å². The quantitative estimate of drug-likeness (QED) is 0.233. The molecule has 0 N–H and O–H groups in total. The van der Waals surface area contributed by atoms with Gasteiger partial charge in [0.25, 0.3) is 0 Å². The lowest BCUT2D eigenvalue weighted by atomic mass is 9.90. The van der Waals surface area contributed by atoms with Gasteiger partial charge in [-0.2, -0.15) is 0 Å². The van der Waals surface area contributed by atoms with E-state index >= 15 is 0 Å². The minimum Gasteiger partial charge on any atom is -0.406 e. The predicted octanol–water partition coefficient (Wildman–Crippen LogP) is 6.25. The van der Waals surface area contributed by atoms with Crippen LogP contribution < -0.4 is 9.64 Å². The van der Waals surface area contributed by atoms with Gasteiger partial charge in [-0.15, -0.1) is 13.2 Å². The number of Topliss-reactive ketones (excluding diaryl/α,β-unsaturated/α-hetero) is 1. The molecular weight excluding hydrogens is 541 g/mol. The second-order valence-corrected chi connectivity index (χ2v) is 10.9. The third-order valence-electron chi connectivity index (χ3n) is 6.94. The highest BCUT2D eigenvalue weighted by Crippen LogP contribution is 2.32. The maximum atomic E-state index is 12.7. The van der Waals surface area contributed by atoms with Gasteiger partial charge in [-0.25, -0.2) is 9.97 Å². The van der Waals surface area contributed by atoms with E-state index in [1.807, 2.05) is 12.1 Å². The van der Waals surface area contributed by atoms with Crippen molar-refractivity contribution in [3.8, 4) is 17.0 Å². The molecule has 11 heteroatoms. The van der Waals surface area contributed by atoms with Crippen molar-refractivity contribution in [1.82, 2.24) is 15.0 Å². The fraction of sp³-hybridized carbons (Fsp3) is 0.345. The maximum Gasteiger partial charge on any atom is 0.573 e. The first-order valence-corrected chi connectivity index (χ1v) is 13.9. The minimum atomic E-state index is -4.75. The van der Waals surface area contributed by atoms with Crippen LogP contribution in [-0.4, -0.2) is 45.3 Å². The number of alkyl halides is 3. The van der Waals surface area contributed by atoms with Crippen LogP contribution >= 0.6 is 11.8 Å². The van der Waals surface area contributed by atoms with Crippen molar-refractivity contribution in [3.05, 3.63) is 71.0 Å². The van der Waals surface area contributed by atoms with Gasteiger partial charge in [0.1, 0.15) is 5.75 Å². The molecule has 0 spiro atoms. The van der Waals surface area contributed by atoms with E-state index in [0.29, 0.717) is 33.7 Å². The molecule has 2 aromatic heterocycles. The monoisotopic (exact) mass is 568 g/mol. The molecule has 0 amide bonds. The fourth-order valence-corrected chi connectivity index (χ4v) is 5.83. The summed E-state index contributed by atoms with van der Waals surface area (Å²) in [6, 6.07) is 11.5. The Morgan fingerprint density at radius 1 is 1.05 bits per heavy atom. The molecule has 2 aliphatic rings. The van der Waals surface area contributed by atoms with Crippen LogP contribution in [0.3, 0.4) is 0 Å². The number of thioether (sulfide) groups is 1. The average molecular weight is 569 g/mol. The Kier molecular flexibility index (Phi) is 8.49. The first-order valence-electron chi connectivity index (χ1n) is 13.1. The number of ketones is 1. The van der Waals surface area contributed by atoms with Gasteiger partial charge in [-0.05, 0) is 85.7 Å². The van der Waals surface area contributed by atoms with Gasteiger partial charge in [-0.3, -0.25) is 14.6 Å². The molecule has 40 heavy (non-hydrogen) atoms. The van der Waals surface area contributed by atoms with E-state index in [9.17, 15) is 22.8 Å². The van der Waals surface area contributed by atoms with E-state index in [1.165, 1.54) is 18.2 Å². The first kappa shape index (κ1) is 27.8. The van der Waals surface area contributed by atoms with Crippen LogP contribution in [0.5, 0.6) is 5.75 Å². The van der Waals surface area contributed by atoms with E-state index in [2.05, 4.69) is 24.6 Å². The highest BCUT2D eigenvalue weighted by molar-refractivity contribution is 8.18. The number of aryl methyl sites for hydroxylation is 1. The number of nitrogens with zero attached hydrogens (tertiary/aromatic N) is 4. The number of benzene rings is 1. The Bertz CT molecular complexity index is 1420. The number of ether oxygens (including phenoxy) is 1. The molecule has 4 heterocycles. The summed E-state index contributed by atoms with van der Waals surface area (Å²) in [7, 11) is 0. The van der Waals surface area contributed by atoms with E-state index < -0.39 is 6.36 Å². The van der Waals surface area contributed by atoms with E-state index in [4.69, 9.17) is 0 Å². The number of pyridine rings is 1. The van der Waals surface area contributed by atoms with Crippen LogP contribution in [0.1, 0.15) is 43.4 Å². The standard InChI is InChI=1S/C29H27F3N4O3S/c30-29(31,32)39-23-8-2-6-21(16-23)27-20(7-3-12-33-27)5-1-4-19-10-14-36(15-11-19)28-34-13-9-22(35-28)17-25-24(37)18-26(38)40-25/h2-3,6-9,12-13,16-17,19H,1,4-5,10-11,14-15,18H2/b25-17-. The molecule has 0 atom stereocenters. The van der Waals surface area contributed by atoms with Crippen LogP contribution in [0, 0.1) is 5.92 Å². The summed E-state index contributed by atoms with van der Waals surface area (Å²) in [6.45, 7) is 1.64. The highest BCUT2D eigenvalue weighted by Gasteiger charge is 2.31. The van der Waals surface area contributed by atoms with E-state index in [1.54, 1.807) is 30.6 Å². The van der Waals surface area contributed by atoms with Crippen LogP contribution in [0.2, 0.25) is 0 Å². The van der Waals surface area contributed by atoms with Gasteiger partial charge in [0.15, 0.2) is 5.78 Å². The topological polar surface area (TPSA) is 85.3 Å². The number of halogens is 3. The number of aromatic nitrogens is 3. The van der Waals surface area contributed by atoms with Gasteiger partial charge in [0.05, 0.1) is 22.7 Å². The second kappa shape index (κ2) is 12.2. The summed E-state index contributed by atoms with van der Waals surface area (Å²) in [4.78, 5) is 39.5. The number of hydrogen-bond acceptors (Lipinski definition) is 8. The molecule has 2 saturated heterocycles. The van der Waals surface area contributed by atoms with Crippen molar-refractivity contribution in [2.75, 3.05) is 18.0 Å². The fourth-order valence-electron chi connectivity index (χ4n) is 5.02. The SMILES string of the molecule is O=C1CC(=O)/C(=C/c2ccnc(N3CCC(CCCc4cccnc4-c4cccc(OC(F)(F)F)c4)CC3)n2)S1. The summed E-state index contributed by atoms with van der Waals surface area (Å²) in [6.07, 6.45) is 4.88. The zero-order chi connectivity index (χ0) is 28.1. The second-order valence-electron chi connectivity index (χ2n) is 9.77. The molecule has 7 nitrogen and oxygen atoms in total. The van der Waals surface area contributed by atoms with Crippen LogP contribution in [0.15, 0.2) is 59.8 Å². The molecule has 5 rings (SSSR count). The number of allylic oxidation sites excluding steroid dienone is 1. The average Bonchev–Trinajstić information content (AvgIpc) is 3.24. The molecule has 2 aliphatic heterocycles. The lowest BCUT2D eigenvalue weighted by molar-refractivity contribution is -0.274. The molecule has 2 fully saturated rings.